The van der Waals surface area contributed by atoms with Crippen LogP contribution in [0.4, 0.5) is 5.69 Å². The largest absolute Gasteiger partial charge is 0.322 e. The van der Waals surface area contributed by atoms with Gasteiger partial charge in [0.15, 0.2) is 0 Å². The second kappa shape index (κ2) is 5.78. The van der Waals surface area contributed by atoms with E-state index in [1.807, 2.05) is 6.07 Å². The van der Waals surface area contributed by atoms with E-state index in [0.717, 1.165) is 4.47 Å². The smallest absolute Gasteiger partial charge is 0.256 e. The van der Waals surface area contributed by atoms with Crippen molar-refractivity contribution in [3.05, 3.63) is 57.5 Å². The summed E-state index contributed by atoms with van der Waals surface area (Å²) in [5.41, 5.74) is 1.17. The summed E-state index contributed by atoms with van der Waals surface area (Å²) in [6, 6.07) is 12.4. The van der Waals surface area contributed by atoms with Crippen molar-refractivity contribution in [2.45, 2.75) is 4.90 Å². The Labute approximate surface area is 124 Å². The fourth-order valence-corrected chi connectivity index (χ4v) is 2.13. The van der Waals surface area contributed by atoms with Crippen LogP contribution >= 0.6 is 40.2 Å². The third-order valence-corrected chi connectivity index (χ3v) is 3.95. The van der Waals surface area contributed by atoms with Gasteiger partial charge in [0, 0.05) is 15.1 Å². The van der Waals surface area contributed by atoms with E-state index in [4.69, 9.17) is 11.6 Å². The number of amides is 1. The normalized spacial score (nSPS) is 10.2. The van der Waals surface area contributed by atoms with Crippen LogP contribution in [0.15, 0.2) is 51.8 Å². The van der Waals surface area contributed by atoms with Gasteiger partial charge in [-0.3, -0.25) is 4.79 Å². The molecular formula is C13H9BrClNOS. The highest BCUT2D eigenvalue weighted by Gasteiger charge is 2.09. The molecule has 2 aromatic rings. The zero-order valence-corrected chi connectivity index (χ0v) is 12.4. The van der Waals surface area contributed by atoms with Gasteiger partial charge in [0.25, 0.3) is 5.91 Å². The average Bonchev–Trinajstić information content (AvgIpc) is 2.34. The van der Waals surface area contributed by atoms with E-state index in [-0.39, 0.29) is 5.91 Å². The number of rotatable bonds is 2. The molecule has 0 spiro atoms. The van der Waals surface area contributed by atoms with Crippen LogP contribution in [0.1, 0.15) is 10.4 Å². The molecule has 2 aromatic carbocycles. The van der Waals surface area contributed by atoms with E-state index in [1.54, 1.807) is 36.4 Å². The molecule has 0 fully saturated rings. The minimum absolute atomic E-state index is 0.209. The molecule has 5 heteroatoms. The fraction of sp³-hybridized carbons (Fsp3) is 0. The van der Waals surface area contributed by atoms with E-state index in [0.29, 0.717) is 21.2 Å². The maximum atomic E-state index is 12.0. The molecule has 1 amide bonds. The minimum atomic E-state index is -0.209. The van der Waals surface area contributed by atoms with Crippen LogP contribution in [0.5, 0.6) is 0 Å². The lowest BCUT2D eigenvalue weighted by molar-refractivity contribution is 0.102. The monoisotopic (exact) mass is 341 g/mol. The van der Waals surface area contributed by atoms with Crippen molar-refractivity contribution in [2.24, 2.45) is 0 Å². The summed E-state index contributed by atoms with van der Waals surface area (Å²) < 4.78 is 0.789. The Bertz CT molecular complexity index is 603. The number of hydrogen-bond acceptors (Lipinski definition) is 2. The summed E-state index contributed by atoms with van der Waals surface area (Å²) in [7, 11) is 0. The van der Waals surface area contributed by atoms with E-state index >= 15 is 0 Å². The van der Waals surface area contributed by atoms with Crippen molar-refractivity contribution < 1.29 is 4.79 Å². The zero-order chi connectivity index (χ0) is 13.1. The van der Waals surface area contributed by atoms with Gasteiger partial charge < -0.3 is 5.32 Å². The Hall–Kier alpha value is -0.970. The first-order valence-electron chi connectivity index (χ1n) is 5.12. The minimum Gasteiger partial charge on any atom is -0.322 e. The molecule has 0 bridgehead atoms. The number of hydrogen-bond donors (Lipinski definition) is 2. The van der Waals surface area contributed by atoms with Crippen LogP contribution in [0.2, 0.25) is 5.02 Å². The third-order valence-electron chi connectivity index (χ3n) is 2.33. The topological polar surface area (TPSA) is 29.1 Å². The predicted octanol–water partition coefficient (Wildman–Crippen LogP) is 4.64. The van der Waals surface area contributed by atoms with Gasteiger partial charge in [0.1, 0.15) is 0 Å². The average molecular weight is 343 g/mol. The quantitative estimate of drug-likeness (QED) is 0.765. The van der Waals surface area contributed by atoms with Gasteiger partial charge in [-0.2, -0.15) is 0 Å². The lowest BCUT2D eigenvalue weighted by Crippen LogP contribution is -2.12. The summed E-state index contributed by atoms with van der Waals surface area (Å²) in [5, 5.41) is 3.32. The van der Waals surface area contributed by atoms with Gasteiger partial charge in [0.2, 0.25) is 0 Å². The first-order chi connectivity index (χ1) is 8.58. The molecule has 0 radical (unpaired) electrons. The first kappa shape index (κ1) is 13.5. The highest BCUT2D eigenvalue weighted by molar-refractivity contribution is 9.10. The molecule has 92 valence electrons. The maximum absolute atomic E-state index is 12.0. The Kier molecular flexibility index (Phi) is 4.32. The molecule has 0 aromatic heterocycles. The summed E-state index contributed by atoms with van der Waals surface area (Å²) in [5.74, 6) is -0.209. The van der Waals surface area contributed by atoms with Crippen LogP contribution in [0.25, 0.3) is 0 Å². The SMILES string of the molecule is O=C(Nc1ccc(Br)c(Cl)c1)c1ccccc1S. The molecule has 0 saturated heterocycles. The Morgan fingerprint density at radius 3 is 2.61 bits per heavy atom. The van der Waals surface area contributed by atoms with Gasteiger partial charge in [0.05, 0.1) is 10.6 Å². The maximum Gasteiger partial charge on any atom is 0.256 e. The van der Waals surface area contributed by atoms with Crippen molar-refractivity contribution >= 4 is 51.8 Å². The molecule has 0 aliphatic heterocycles. The molecular weight excluding hydrogens is 334 g/mol. The number of halogens is 2. The highest BCUT2D eigenvalue weighted by atomic mass is 79.9. The first-order valence-corrected chi connectivity index (χ1v) is 6.74. The summed E-state index contributed by atoms with van der Waals surface area (Å²) >= 11 is 13.5. The standard InChI is InChI=1S/C13H9BrClNOS/c14-10-6-5-8(7-11(10)15)16-13(17)9-3-1-2-4-12(9)18/h1-7,18H,(H,16,17). The molecule has 0 heterocycles. The Morgan fingerprint density at radius 2 is 1.94 bits per heavy atom. The van der Waals surface area contributed by atoms with Crippen LogP contribution in [-0.4, -0.2) is 5.91 Å². The Morgan fingerprint density at radius 1 is 1.22 bits per heavy atom. The molecule has 0 atom stereocenters. The van der Waals surface area contributed by atoms with Crippen LogP contribution < -0.4 is 5.32 Å². The molecule has 0 aliphatic carbocycles. The van der Waals surface area contributed by atoms with Crippen LogP contribution in [-0.2, 0) is 0 Å². The number of nitrogens with one attached hydrogen (secondary N) is 1. The molecule has 0 saturated carbocycles. The molecule has 2 rings (SSSR count). The number of carbonyl (C=O) groups excluding carboxylic acids is 1. The highest BCUT2D eigenvalue weighted by Crippen LogP contribution is 2.26. The third kappa shape index (κ3) is 3.07. The van der Waals surface area contributed by atoms with E-state index in [2.05, 4.69) is 33.9 Å². The van der Waals surface area contributed by atoms with Gasteiger partial charge in [-0.25, -0.2) is 0 Å². The van der Waals surface area contributed by atoms with Crippen LogP contribution in [0.3, 0.4) is 0 Å². The van der Waals surface area contributed by atoms with E-state index < -0.39 is 0 Å². The molecule has 0 unspecified atom stereocenters. The fourth-order valence-electron chi connectivity index (χ4n) is 1.44. The molecule has 18 heavy (non-hydrogen) atoms. The molecule has 0 aliphatic rings. The Balaban J connectivity index is 2.22. The molecule has 2 nitrogen and oxygen atoms in total. The van der Waals surface area contributed by atoms with Crippen LogP contribution in [0, 0.1) is 0 Å². The van der Waals surface area contributed by atoms with Gasteiger partial charge in [-0.15, -0.1) is 12.6 Å². The molecule has 1 N–H and O–H groups in total. The number of carbonyl (C=O) groups is 1. The second-order valence-electron chi connectivity index (χ2n) is 3.60. The summed E-state index contributed by atoms with van der Waals surface area (Å²) in [6.45, 7) is 0. The lowest BCUT2D eigenvalue weighted by atomic mass is 10.2. The number of anilines is 1. The summed E-state index contributed by atoms with van der Waals surface area (Å²) in [6.07, 6.45) is 0. The van der Waals surface area contributed by atoms with Gasteiger partial charge in [-0.05, 0) is 46.3 Å². The van der Waals surface area contributed by atoms with Crippen molar-refractivity contribution in [3.8, 4) is 0 Å². The van der Waals surface area contributed by atoms with Gasteiger partial charge in [-0.1, -0.05) is 23.7 Å². The van der Waals surface area contributed by atoms with E-state index in [9.17, 15) is 4.79 Å². The van der Waals surface area contributed by atoms with E-state index in [1.165, 1.54) is 0 Å². The van der Waals surface area contributed by atoms with Crippen molar-refractivity contribution in [1.82, 2.24) is 0 Å². The van der Waals surface area contributed by atoms with Crippen molar-refractivity contribution in [2.75, 3.05) is 5.32 Å². The number of benzene rings is 2. The lowest BCUT2D eigenvalue weighted by Gasteiger charge is -2.07. The van der Waals surface area contributed by atoms with Crippen molar-refractivity contribution in [3.63, 3.8) is 0 Å². The zero-order valence-electron chi connectivity index (χ0n) is 9.15. The van der Waals surface area contributed by atoms with Gasteiger partial charge >= 0.3 is 0 Å². The predicted molar refractivity (Wildman–Crippen MR) is 80.8 cm³/mol. The summed E-state index contributed by atoms with van der Waals surface area (Å²) in [4.78, 5) is 12.7. The number of thiol groups is 1. The second-order valence-corrected chi connectivity index (χ2v) is 5.34. The van der Waals surface area contributed by atoms with Crippen molar-refractivity contribution in [1.29, 1.82) is 0 Å².